The lowest BCUT2D eigenvalue weighted by Crippen LogP contribution is -2.20. The lowest BCUT2D eigenvalue weighted by atomic mass is 10.3. The fourth-order valence-corrected chi connectivity index (χ4v) is 1.03. The Morgan fingerprint density at radius 1 is 0.850 bits per heavy atom. The van der Waals surface area contributed by atoms with Crippen molar-refractivity contribution in [3.8, 4) is 0 Å². The molecule has 2 unspecified atom stereocenters. The summed E-state index contributed by atoms with van der Waals surface area (Å²) in [4.78, 5) is 28.2. The molecule has 0 aromatic rings. The molecule has 0 radical (unpaired) electrons. The number of carbonyl (C=O) groups excluding carboxylic acids is 1. The minimum absolute atomic E-state index is 0.101. The Kier molecular flexibility index (Phi) is 12.4. The molecule has 0 saturated heterocycles. The van der Waals surface area contributed by atoms with Gasteiger partial charge in [-0.2, -0.15) is 14.6 Å². The average molecular weight is 298 g/mol. The van der Waals surface area contributed by atoms with Crippen LogP contribution in [0, 0.1) is 0 Å². The van der Waals surface area contributed by atoms with Crippen LogP contribution in [0.4, 0.5) is 4.79 Å². The zero-order valence-electron chi connectivity index (χ0n) is 12.2. The van der Waals surface area contributed by atoms with Crippen LogP contribution in [-0.4, -0.2) is 45.8 Å². The SMILES string of the molecule is CCC(COOOC(=O)OOOCC(CC)OC)OC. The van der Waals surface area contributed by atoms with Crippen LogP contribution in [0.5, 0.6) is 0 Å². The Morgan fingerprint density at radius 2 is 1.25 bits per heavy atom. The molecule has 0 aromatic heterocycles. The van der Waals surface area contributed by atoms with Crippen molar-refractivity contribution >= 4 is 6.16 Å². The topological polar surface area (TPSA) is 90.9 Å². The molecule has 0 aromatic carbocycles. The fourth-order valence-electron chi connectivity index (χ4n) is 1.03. The van der Waals surface area contributed by atoms with Crippen molar-refractivity contribution in [2.75, 3.05) is 27.4 Å². The first-order chi connectivity index (χ1) is 9.67. The van der Waals surface area contributed by atoms with Gasteiger partial charge in [0.05, 0.1) is 12.2 Å². The van der Waals surface area contributed by atoms with Crippen LogP contribution in [-0.2, 0) is 39.1 Å². The van der Waals surface area contributed by atoms with Gasteiger partial charge in [-0.05, 0) is 22.9 Å². The number of hydrogen-bond acceptors (Lipinski definition) is 9. The van der Waals surface area contributed by atoms with Crippen LogP contribution < -0.4 is 0 Å². The van der Waals surface area contributed by atoms with Gasteiger partial charge in [0.25, 0.3) is 0 Å². The van der Waals surface area contributed by atoms with E-state index in [1.807, 2.05) is 13.8 Å². The van der Waals surface area contributed by atoms with E-state index in [2.05, 4.69) is 29.6 Å². The van der Waals surface area contributed by atoms with Gasteiger partial charge in [-0.15, -0.1) is 0 Å². The highest BCUT2D eigenvalue weighted by Crippen LogP contribution is 2.00. The lowest BCUT2D eigenvalue weighted by molar-refractivity contribution is -0.530. The maximum Gasteiger partial charge on any atom is 0.577 e. The van der Waals surface area contributed by atoms with Crippen LogP contribution in [0.2, 0.25) is 0 Å². The summed E-state index contributed by atoms with van der Waals surface area (Å²) >= 11 is 0. The lowest BCUT2D eigenvalue weighted by Gasteiger charge is -2.11. The standard InChI is InChI=1S/C11H22O9/c1-5-9(13-3)7-15-19-17-11(12)18-20-16-8-10(6-2)14-4/h9-10H,5-8H2,1-4H3. The van der Waals surface area contributed by atoms with E-state index in [-0.39, 0.29) is 25.4 Å². The molecule has 0 spiro atoms. The predicted molar refractivity (Wildman–Crippen MR) is 63.8 cm³/mol. The molecule has 0 rings (SSSR count). The van der Waals surface area contributed by atoms with E-state index < -0.39 is 6.16 Å². The van der Waals surface area contributed by atoms with Crippen molar-refractivity contribution < 1.29 is 43.9 Å². The molecule has 0 heterocycles. The first kappa shape index (κ1) is 19.0. The summed E-state index contributed by atoms with van der Waals surface area (Å²) in [6, 6.07) is 0. The van der Waals surface area contributed by atoms with Crippen molar-refractivity contribution in [2.24, 2.45) is 0 Å². The first-order valence-corrected chi connectivity index (χ1v) is 6.19. The maximum atomic E-state index is 10.9. The summed E-state index contributed by atoms with van der Waals surface area (Å²) in [6.45, 7) is 4.01. The summed E-state index contributed by atoms with van der Waals surface area (Å²) in [5.74, 6) is 0. The van der Waals surface area contributed by atoms with Gasteiger partial charge in [0, 0.05) is 14.2 Å². The van der Waals surface area contributed by atoms with Gasteiger partial charge in [0.2, 0.25) is 0 Å². The summed E-state index contributed by atoms with van der Waals surface area (Å²) in [7, 11) is 3.06. The van der Waals surface area contributed by atoms with E-state index >= 15 is 0 Å². The Balaban J connectivity index is 3.45. The monoisotopic (exact) mass is 298 g/mol. The molecule has 0 aliphatic rings. The largest absolute Gasteiger partial charge is 0.577 e. The number of methoxy groups -OCH3 is 2. The van der Waals surface area contributed by atoms with Crippen LogP contribution >= 0.6 is 0 Å². The average Bonchev–Trinajstić information content (AvgIpc) is 2.47. The second-order valence-electron chi connectivity index (χ2n) is 3.65. The number of hydrogen-bond donors (Lipinski definition) is 0. The smallest absolute Gasteiger partial charge is 0.379 e. The van der Waals surface area contributed by atoms with Crippen molar-refractivity contribution in [3.63, 3.8) is 0 Å². The van der Waals surface area contributed by atoms with Gasteiger partial charge in [-0.25, -0.2) is 9.78 Å². The van der Waals surface area contributed by atoms with Crippen molar-refractivity contribution in [1.82, 2.24) is 0 Å². The van der Waals surface area contributed by atoms with E-state index in [1.54, 1.807) is 0 Å². The molecule has 20 heavy (non-hydrogen) atoms. The second kappa shape index (κ2) is 13.0. The molecule has 0 amide bonds. The third-order valence-electron chi connectivity index (χ3n) is 2.39. The second-order valence-corrected chi connectivity index (χ2v) is 3.65. The van der Waals surface area contributed by atoms with Gasteiger partial charge in [0.15, 0.2) is 0 Å². The zero-order valence-corrected chi connectivity index (χ0v) is 12.2. The molecular formula is C11H22O9. The fraction of sp³-hybridized carbons (Fsp3) is 0.909. The van der Waals surface area contributed by atoms with Gasteiger partial charge >= 0.3 is 6.16 Å². The Bertz CT molecular complexity index is 206. The molecule has 0 saturated carbocycles. The third kappa shape index (κ3) is 9.89. The first-order valence-electron chi connectivity index (χ1n) is 6.19. The van der Waals surface area contributed by atoms with Crippen LogP contribution in [0.3, 0.4) is 0 Å². The molecular weight excluding hydrogens is 276 g/mol. The van der Waals surface area contributed by atoms with E-state index in [0.29, 0.717) is 0 Å². The van der Waals surface area contributed by atoms with Crippen LogP contribution in [0.1, 0.15) is 26.7 Å². The van der Waals surface area contributed by atoms with Gasteiger partial charge < -0.3 is 9.47 Å². The Hall–Kier alpha value is -0.970. The van der Waals surface area contributed by atoms with Crippen molar-refractivity contribution in [2.45, 2.75) is 38.9 Å². The predicted octanol–water partition coefficient (Wildman–Crippen LogP) is 1.72. The molecule has 0 aliphatic heterocycles. The molecule has 0 fully saturated rings. The highest BCUT2D eigenvalue weighted by Gasteiger charge is 2.11. The quantitative estimate of drug-likeness (QED) is 0.303. The maximum absolute atomic E-state index is 10.9. The van der Waals surface area contributed by atoms with Gasteiger partial charge in [-0.3, -0.25) is 0 Å². The van der Waals surface area contributed by atoms with Gasteiger partial charge in [-0.1, -0.05) is 13.8 Å². The molecule has 0 N–H and O–H groups in total. The minimum atomic E-state index is -1.28. The number of carbonyl (C=O) groups is 1. The molecule has 9 heteroatoms. The highest BCUT2D eigenvalue weighted by atomic mass is 17.6. The van der Waals surface area contributed by atoms with Gasteiger partial charge in [0.1, 0.15) is 13.2 Å². The van der Waals surface area contributed by atoms with E-state index in [9.17, 15) is 4.79 Å². The van der Waals surface area contributed by atoms with E-state index in [4.69, 9.17) is 9.47 Å². The molecule has 9 nitrogen and oxygen atoms in total. The molecule has 2 atom stereocenters. The Labute approximate surface area is 117 Å². The van der Waals surface area contributed by atoms with Crippen molar-refractivity contribution in [3.05, 3.63) is 0 Å². The summed E-state index contributed by atoms with van der Waals surface area (Å²) in [6.07, 6.45) is -0.150. The van der Waals surface area contributed by atoms with Crippen LogP contribution in [0.25, 0.3) is 0 Å². The van der Waals surface area contributed by atoms with E-state index in [1.165, 1.54) is 14.2 Å². The summed E-state index contributed by atoms with van der Waals surface area (Å²) in [5.41, 5.74) is 0. The molecule has 120 valence electrons. The normalized spacial score (nSPS) is 13.8. The van der Waals surface area contributed by atoms with Crippen molar-refractivity contribution in [1.29, 1.82) is 0 Å². The molecule has 0 aliphatic carbocycles. The zero-order chi connectivity index (χ0) is 15.2. The van der Waals surface area contributed by atoms with Crippen LogP contribution in [0.15, 0.2) is 0 Å². The molecule has 0 bridgehead atoms. The van der Waals surface area contributed by atoms with E-state index in [0.717, 1.165) is 12.8 Å². The third-order valence-corrected chi connectivity index (χ3v) is 2.39. The number of ether oxygens (including phenoxy) is 2. The summed E-state index contributed by atoms with van der Waals surface area (Å²) < 4.78 is 9.99. The highest BCUT2D eigenvalue weighted by molar-refractivity contribution is 5.57. The Morgan fingerprint density at radius 3 is 1.55 bits per heavy atom. The summed E-state index contributed by atoms with van der Waals surface area (Å²) in [5, 5.41) is 8.27. The number of rotatable bonds is 12. The minimum Gasteiger partial charge on any atom is -0.379 e.